The Morgan fingerprint density at radius 1 is 1.23 bits per heavy atom. The summed E-state index contributed by atoms with van der Waals surface area (Å²) in [6.45, 7) is 13.1. The molecular weight excluding hydrogens is 376 g/mol. The summed E-state index contributed by atoms with van der Waals surface area (Å²) in [5, 5.41) is 2.90. The second kappa shape index (κ2) is 7.96. The zero-order valence-corrected chi connectivity index (χ0v) is 18.5. The van der Waals surface area contributed by atoms with E-state index >= 15 is 0 Å². The summed E-state index contributed by atoms with van der Waals surface area (Å²) < 4.78 is 28.4. The second-order valence-electron chi connectivity index (χ2n) is 8.96. The van der Waals surface area contributed by atoms with Crippen LogP contribution in [0.5, 0.6) is 0 Å². The van der Waals surface area contributed by atoms with Crippen LogP contribution in [-0.4, -0.2) is 71.6 Å². The number of ether oxygens (including phenoxy) is 1. The summed E-state index contributed by atoms with van der Waals surface area (Å²) in [5.74, 6) is 1.81. The van der Waals surface area contributed by atoms with Crippen molar-refractivity contribution in [2.24, 2.45) is 0 Å². The third-order valence-corrected chi connectivity index (χ3v) is 7.06. The Morgan fingerprint density at radius 3 is 2.19 bits per heavy atom. The predicted octanol–water partition coefficient (Wildman–Crippen LogP) is 2.06. The lowest BCUT2D eigenvalue weighted by molar-refractivity contribution is -0.120. The lowest BCUT2D eigenvalue weighted by atomic mass is 10.1. The predicted molar refractivity (Wildman–Crippen MR) is 105 cm³/mol. The van der Waals surface area contributed by atoms with Crippen LogP contribution >= 0.6 is 11.8 Å². The molecule has 2 amide bonds. The van der Waals surface area contributed by atoms with Gasteiger partial charge in [-0.1, -0.05) is 0 Å². The molecule has 0 aromatic rings. The van der Waals surface area contributed by atoms with Crippen molar-refractivity contribution >= 4 is 33.6 Å². The Labute approximate surface area is 161 Å². The van der Waals surface area contributed by atoms with Gasteiger partial charge in [0.05, 0.1) is 22.8 Å². The lowest BCUT2D eigenvalue weighted by Gasteiger charge is -2.42. The van der Waals surface area contributed by atoms with Gasteiger partial charge in [-0.05, 0) is 48.5 Å². The number of thioether (sulfide) groups is 1. The fourth-order valence-electron chi connectivity index (χ4n) is 2.73. The summed E-state index contributed by atoms with van der Waals surface area (Å²) in [7, 11) is -3.05. The SMILES string of the molecule is CC(C)(C)OC(=O)N1CCS(=O)(=O)CC1(C)C.CC1(C)CSCC(=O)N1. The molecule has 7 nitrogen and oxygen atoms in total. The van der Waals surface area contributed by atoms with Gasteiger partial charge in [0, 0.05) is 17.8 Å². The molecule has 0 radical (unpaired) electrons. The smallest absolute Gasteiger partial charge is 0.410 e. The number of hydrogen-bond acceptors (Lipinski definition) is 6. The molecule has 0 saturated carbocycles. The highest BCUT2D eigenvalue weighted by atomic mass is 32.2. The van der Waals surface area contributed by atoms with Crippen molar-refractivity contribution in [1.82, 2.24) is 10.2 Å². The molecule has 0 aromatic carbocycles. The standard InChI is InChI=1S/C11H21NO4S.C6H11NOS/c1-10(2,3)16-9(13)12-6-7-17(14,15)8-11(12,4)5;1-6(2)4-9-3-5(8)7-6/h6-8H2,1-5H3;3-4H2,1-2H3,(H,7,8). The van der Waals surface area contributed by atoms with E-state index in [-0.39, 0.29) is 29.5 Å². The Hall–Kier alpha value is -0.960. The number of rotatable bonds is 0. The van der Waals surface area contributed by atoms with Gasteiger partial charge < -0.3 is 15.0 Å². The molecule has 2 fully saturated rings. The minimum absolute atomic E-state index is 0.00960. The fraction of sp³-hybridized carbons (Fsp3) is 0.882. The number of amides is 2. The van der Waals surface area contributed by atoms with E-state index in [2.05, 4.69) is 5.32 Å². The topological polar surface area (TPSA) is 92.8 Å². The van der Waals surface area contributed by atoms with Crippen molar-refractivity contribution in [3.8, 4) is 0 Å². The Bertz CT molecular complexity index is 636. The van der Waals surface area contributed by atoms with Crippen molar-refractivity contribution < 1.29 is 22.7 Å². The van der Waals surface area contributed by atoms with Gasteiger partial charge in [0.2, 0.25) is 5.91 Å². The molecule has 2 saturated heterocycles. The Kier molecular flexibility index (Phi) is 7.07. The average molecular weight is 409 g/mol. The molecule has 0 atom stereocenters. The molecule has 2 rings (SSSR count). The first-order valence-corrected chi connectivity index (χ1v) is 11.6. The maximum atomic E-state index is 11.9. The average Bonchev–Trinajstić information content (AvgIpc) is 2.32. The highest BCUT2D eigenvalue weighted by Crippen LogP contribution is 2.24. The van der Waals surface area contributed by atoms with Crippen LogP contribution in [0.3, 0.4) is 0 Å². The molecule has 0 spiro atoms. The van der Waals surface area contributed by atoms with E-state index in [9.17, 15) is 18.0 Å². The van der Waals surface area contributed by atoms with Gasteiger partial charge in [-0.2, -0.15) is 0 Å². The van der Waals surface area contributed by atoms with E-state index in [4.69, 9.17) is 4.74 Å². The number of hydrogen-bond donors (Lipinski definition) is 1. The quantitative estimate of drug-likeness (QED) is 0.659. The molecule has 2 aliphatic heterocycles. The van der Waals surface area contributed by atoms with Gasteiger partial charge in [-0.25, -0.2) is 13.2 Å². The number of carbonyl (C=O) groups is 2. The van der Waals surface area contributed by atoms with Crippen molar-refractivity contribution in [3.63, 3.8) is 0 Å². The van der Waals surface area contributed by atoms with Crippen molar-refractivity contribution in [1.29, 1.82) is 0 Å². The minimum Gasteiger partial charge on any atom is -0.444 e. The molecule has 2 heterocycles. The molecule has 0 bridgehead atoms. The van der Waals surface area contributed by atoms with E-state index < -0.39 is 27.1 Å². The van der Waals surface area contributed by atoms with Crippen molar-refractivity contribution in [3.05, 3.63) is 0 Å². The van der Waals surface area contributed by atoms with Crippen LogP contribution in [0.25, 0.3) is 0 Å². The summed E-state index contributed by atoms with van der Waals surface area (Å²) in [4.78, 5) is 24.2. The monoisotopic (exact) mass is 408 g/mol. The largest absolute Gasteiger partial charge is 0.444 e. The Morgan fingerprint density at radius 2 is 1.81 bits per heavy atom. The third kappa shape index (κ3) is 7.73. The van der Waals surface area contributed by atoms with Crippen LogP contribution in [-0.2, 0) is 19.4 Å². The zero-order valence-electron chi connectivity index (χ0n) is 16.8. The summed E-state index contributed by atoms with van der Waals surface area (Å²) in [5.41, 5.74) is -1.26. The second-order valence-corrected chi connectivity index (χ2v) is 12.1. The highest BCUT2D eigenvalue weighted by molar-refractivity contribution is 8.00. The van der Waals surface area contributed by atoms with Gasteiger partial charge in [0.15, 0.2) is 9.84 Å². The van der Waals surface area contributed by atoms with Gasteiger partial charge in [0.1, 0.15) is 5.60 Å². The molecule has 9 heteroatoms. The molecule has 0 aromatic heterocycles. The normalized spacial score (nSPS) is 24.0. The van der Waals surface area contributed by atoms with E-state index in [0.717, 1.165) is 5.75 Å². The van der Waals surface area contributed by atoms with E-state index in [0.29, 0.717) is 5.75 Å². The molecule has 152 valence electrons. The first-order chi connectivity index (χ1) is 11.5. The zero-order chi connectivity index (χ0) is 20.4. The van der Waals surface area contributed by atoms with Crippen LogP contribution in [0, 0.1) is 0 Å². The minimum atomic E-state index is -3.05. The van der Waals surface area contributed by atoms with Gasteiger partial charge in [0.25, 0.3) is 0 Å². The Balaban J connectivity index is 0.000000314. The molecular formula is C17H32N2O5S2. The maximum Gasteiger partial charge on any atom is 0.410 e. The summed E-state index contributed by atoms with van der Waals surface area (Å²) in [6, 6.07) is 0. The fourth-order valence-corrected chi connectivity index (χ4v) is 5.50. The summed E-state index contributed by atoms with van der Waals surface area (Å²) in [6.07, 6.45) is -0.447. The van der Waals surface area contributed by atoms with Crippen molar-refractivity contribution in [2.45, 2.75) is 65.1 Å². The molecule has 1 N–H and O–H groups in total. The number of carbonyl (C=O) groups excluding carboxylic acids is 2. The van der Waals surface area contributed by atoms with Gasteiger partial charge in [-0.15, -0.1) is 11.8 Å². The number of sulfone groups is 1. The maximum absolute atomic E-state index is 11.9. The van der Waals surface area contributed by atoms with Crippen LogP contribution in [0.4, 0.5) is 4.79 Å². The van der Waals surface area contributed by atoms with E-state index in [1.807, 2.05) is 13.8 Å². The first kappa shape index (κ1) is 23.1. The third-order valence-electron chi connectivity index (χ3n) is 3.72. The lowest BCUT2D eigenvalue weighted by Crippen LogP contribution is -2.58. The molecule has 0 unspecified atom stereocenters. The summed E-state index contributed by atoms with van der Waals surface area (Å²) >= 11 is 1.70. The van der Waals surface area contributed by atoms with Crippen LogP contribution in [0.15, 0.2) is 0 Å². The van der Waals surface area contributed by atoms with Gasteiger partial charge in [-0.3, -0.25) is 4.79 Å². The molecule has 2 aliphatic rings. The number of nitrogens with zero attached hydrogens (tertiary/aromatic N) is 1. The molecule has 26 heavy (non-hydrogen) atoms. The van der Waals surface area contributed by atoms with Crippen LogP contribution in [0.2, 0.25) is 0 Å². The number of nitrogens with one attached hydrogen (secondary N) is 1. The first-order valence-electron chi connectivity index (χ1n) is 8.63. The van der Waals surface area contributed by atoms with E-state index in [1.54, 1.807) is 46.4 Å². The molecule has 0 aliphatic carbocycles. The van der Waals surface area contributed by atoms with Crippen LogP contribution < -0.4 is 5.32 Å². The van der Waals surface area contributed by atoms with Crippen LogP contribution in [0.1, 0.15) is 48.5 Å². The van der Waals surface area contributed by atoms with E-state index in [1.165, 1.54) is 4.90 Å². The van der Waals surface area contributed by atoms with Gasteiger partial charge >= 0.3 is 6.09 Å². The highest BCUT2D eigenvalue weighted by Gasteiger charge is 2.41. The van der Waals surface area contributed by atoms with Crippen molar-refractivity contribution in [2.75, 3.05) is 29.6 Å².